The summed E-state index contributed by atoms with van der Waals surface area (Å²) >= 11 is 10.2. The zero-order valence-electron chi connectivity index (χ0n) is 12.8. The summed E-state index contributed by atoms with van der Waals surface area (Å²) in [4.78, 5) is 5.63. The summed E-state index contributed by atoms with van der Waals surface area (Å²) in [6.45, 7) is -0.193. The number of halogens is 6. The molecule has 2 aromatic rings. The van der Waals surface area contributed by atoms with Crippen LogP contribution >= 0.6 is 47.8 Å². The van der Waals surface area contributed by atoms with Crippen LogP contribution in [0.25, 0.3) is 0 Å². The van der Waals surface area contributed by atoms with Crippen molar-refractivity contribution in [1.82, 2.24) is 0 Å². The van der Waals surface area contributed by atoms with Crippen LogP contribution in [0.15, 0.2) is 42.7 Å². The molecule has 0 saturated carbocycles. The van der Waals surface area contributed by atoms with Gasteiger partial charge in [0.25, 0.3) is 0 Å². The highest BCUT2D eigenvalue weighted by atomic mass is 79.9. The molecule has 10 heteroatoms. The van der Waals surface area contributed by atoms with E-state index in [1.165, 1.54) is 0 Å². The molecule has 0 aliphatic rings. The lowest BCUT2D eigenvalue weighted by atomic mass is 10.3. The second kappa shape index (κ2) is 8.41. The molecule has 4 nitrogen and oxygen atoms in total. The molecule has 0 saturated heterocycles. The van der Waals surface area contributed by atoms with E-state index in [4.69, 9.17) is 5.73 Å². The van der Waals surface area contributed by atoms with Gasteiger partial charge in [0.1, 0.15) is 18.2 Å². The number of hydrogen-bond donors (Lipinski definition) is 2. The van der Waals surface area contributed by atoms with Crippen LogP contribution in [0.1, 0.15) is 0 Å². The third-order valence-electron chi connectivity index (χ3n) is 3.16. The summed E-state index contributed by atoms with van der Waals surface area (Å²) in [6, 6.07) is 4.85. The Hall–Kier alpha value is -1.26. The van der Waals surface area contributed by atoms with Gasteiger partial charge in [0.05, 0.1) is 5.69 Å². The van der Waals surface area contributed by atoms with E-state index in [0.29, 0.717) is 12.1 Å². The van der Waals surface area contributed by atoms with Crippen molar-refractivity contribution in [2.45, 2.75) is 0 Å². The van der Waals surface area contributed by atoms with Crippen LogP contribution in [-0.2, 0) is 0 Å². The van der Waals surface area contributed by atoms with Gasteiger partial charge in [-0.3, -0.25) is 0 Å². The Bertz CT molecular complexity index is 784. The Kier molecular flexibility index (Phi) is 6.75. The summed E-state index contributed by atoms with van der Waals surface area (Å²) in [5, 5.41) is 2.44. The van der Waals surface area contributed by atoms with E-state index in [1.807, 2.05) is 12.1 Å². The Morgan fingerprint density at radius 1 is 1.08 bits per heavy atom. The van der Waals surface area contributed by atoms with Crippen LogP contribution in [0.5, 0.6) is 0 Å². The molecule has 3 N–H and O–H groups in total. The largest absolute Gasteiger partial charge is 0.369 e. The second-order valence-corrected chi connectivity index (χ2v) is 7.50. The molecule has 0 bridgehead atoms. The first-order valence-corrected chi connectivity index (χ1v) is 9.15. The quantitative estimate of drug-likeness (QED) is 0.410. The number of nitrogens with one attached hydrogen (secondary N) is 1. The first-order chi connectivity index (χ1) is 11.7. The average Bonchev–Trinajstić information content (AvgIpc) is 2.48. The molecule has 0 aliphatic carbocycles. The summed E-state index contributed by atoms with van der Waals surface area (Å²) in [7, 11) is 1.69. The van der Waals surface area contributed by atoms with Gasteiger partial charge >= 0.3 is 0 Å². The second-order valence-electron chi connectivity index (χ2n) is 4.87. The van der Waals surface area contributed by atoms with Crippen LogP contribution in [-0.4, -0.2) is 19.7 Å². The summed E-state index contributed by atoms with van der Waals surface area (Å²) in [5.41, 5.74) is 6.18. The molecule has 2 aromatic carbocycles. The molecule has 0 heterocycles. The Balaban J connectivity index is 2.15. The number of guanidine groups is 1. The first kappa shape index (κ1) is 20.1. The van der Waals surface area contributed by atoms with Crippen molar-refractivity contribution in [2.24, 2.45) is 10.7 Å². The number of rotatable bonds is 4. The zero-order chi connectivity index (χ0) is 18.7. The van der Waals surface area contributed by atoms with Gasteiger partial charge in [-0.15, -0.1) is 0 Å². The molecule has 0 radical (unpaired) electrons. The Morgan fingerprint density at radius 2 is 1.60 bits per heavy atom. The highest BCUT2D eigenvalue weighted by Gasteiger charge is 2.15. The standard InChI is InChI=1S/C15H12Br3F3N4/c1-25(14-9(17)2-7(16)3-10(14)18)15(22)24-6-23-13-11(20)4-8(19)5-12(13)21/h2-5,23H,6H2,1H3,(H2,22,24). The van der Waals surface area contributed by atoms with Crippen molar-refractivity contribution in [2.75, 3.05) is 23.9 Å². The number of aliphatic imine (C=N–C) groups is 1. The number of anilines is 2. The maximum absolute atomic E-state index is 13.6. The Labute approximate surface area is 167 Å². The van der Waals surface area contributed by atoms with Gasteiger partial charge in [0.2, 0.25) is 0 Å². The van der Waals surface area contributed by atoms with Crippen LogP contribution < -0.4 is 16.0 Å². The maximum Gasteiger partial charge on any atom is 0.197 e. The maximum atomic E-state index is 13.6. The van der Waals surface area contributed by atoms with Crippen molar-refractivity contribution in [1.29, 1.82) is 0 Å². The topological polar surface area (TPSA) is 53.6 Å². The lowest BCUT2D eigenvalue weighted by molar-refractivity contribution is 0.547. The van der Waals surface area contributed by atoms with Crippen LogP contribution in [0, 0.1) is 17.5 Å². The van der Waals surface area contributed by atoms with Crippen molar-refractivity contribution < 1.29 is 13.2 Å². The van der Waals surface area contributed by atoms with Gasteiger partial charge in [0, 0.05) is 32.6 Å². The van der Waals surface area contributed by atoms with Crippen molar-refractivity contribution in [3.05, 3.63) is 55.1 Å². The lowest BCUT2D eigenvalue weighted by Gasteiger charge is -2.21. The van der Waals surface area contributed by atoms with E-state index in [2.05, 4.69) is 58.1 Å². The summed E-state index contributed by atoms with van der Waals surface area (Å²) < 4.78 is 42.4. The number of benzene rings is 2. The predicted octanol–water partition coefficient (Wildman–Crippen LogP) is 5.21. The number of nitrogens with two attached hydrogens (primary N) is 1. The monoisotopic (exact) mass is 542 g/mol. The fourth-order valence-electron chi connectivity index (χ4n) is 1.99. The number of nitrogens with zero attached hydrogens (tertiary/aromatic N) is 2. The third kappa shape index (κ3) is 4.89. The smallest absolute Gasteiger partial charge is 0.197 e. The third-order valence-corrected chi connectivity index (χ3v) is 4.83. The molecule has 0 atom stereocenters. The molecule has 0 aliphatic heterocycles. The normalized spacial score (nSPS) is 11.6. The van der Waals surface area contributed by atoms with Crippen LogP contribution in [0.3, 0.4) is 0 Å². The molecule has 0 aromatic heterocycles. The van der Waals surface area contributed by atoms with Crippen LogP contribution in [0.4, 0.5) is 24.5 Å². The SMILES string of the molecule is CN(C(N)=NCNc1c(F)cc(F)cc1F)c1c(Br)cc(Br)cc1Br. The molecule has 0 unspecified atom stereocenters. The van der Waals surface area contributed by atoms with E-state index in [9.17, 15) is 13.2 Å². The van der Waals surface area contributed by atoms with Gasteiger partial charge in [0.15, 0.2) is 17.6 Å². The molecular weight excluding hydrogens is 533 g/mol. The highest BCUT2D eigenvalue weighted by molar-refractivity contribution is 9.11. The molecule has 2 rings (SSSR count). The molecule has 134 valence electrons. The van der Waals surface area contributed by atoms with E-state index in [0.717, 1.165) is 19.1 Å². The van der Waals surface area contributed by atoms with Gasteiger partial charge < -0.3 is 16.0 Å². The average molecular weight is 545 g/mol. The van der Waals surface area contributed by atoms with Crippen molar-refractivity contribution in [3.8, 4) is 0 Å². The molecule has 0 fully saturated rings. The summed E-state index contributed by atoms with van der Waals surface area (Å²) in [5.74, 6) is -2.97. The molecule has 25 heavy (non-hydrogen) atoms. The van der Waals surface area contributed by atoms with E-state index in [-0.39, 0.29) is 12.6 Å². The van der Waals surface area contributed by atoms with Gasteiger partial charge in [-0.05, 0) is 44.0 Å². The molecule has 0 amide bonds. The first-order valence-electron chi connectivity index (χ1n) is 6.77. The predicted molar refractivity (Wildman–Crippen MR) is 104 cm³/mol. The van der Waals surface area contributed by atoms with Crippen LogP contribution in [0.2, 0.25) is 0 Å². The van der Waals surface area contributed by atoms with E-state index >= 15 is 0 Å². The highest BCUT2D eigenvalue weighted by Crippen LogP contribution is 2.36. The van der Waals surface area contributed by atoms with Crippen molar-refractivity contribution in [3.63, 3.8) is 0 Å². The fourth-order valence-corrected chi connectivity index (χ4v) is 4.78. The molecular formula is C15H12Br3F3N4. The van der Waals surface area contributed by atoms with Gasteiger partial charge in [-0.25, -0.2) is 18.2 Å². The lowest BCUT2D eigenvalue weighted by Crippen LogP contribution is -2.35. The minimum Gasteiger partial charge on any atom is -0.369 e. The van der Waals surface area contributed by atoms with E-state index < -0.39 is 23.1 Å². The fraction of sp³-hybridized carbons (Fsp3) is 0.133. The minimum atomic E-state index is -1.04. The summed E-state index contributed by atoms with van der Waals surface area (Å²) in [6.07, 6.45) is 0. The van der Waals surface area contributed by atoms with Crippen molar-refractivity contribution >= 4 is 65.1 Å². The van der Waals surface area contributed by atoms with Gasteiger partial charge in [-0.1, -0.05) is 15.9 Å². The van der Waals surface area contributed by atoms with Gasteiger partial charge in [-0.2, -0.15) is 0 Å². The Morgan fingerprint density at radius 3 is 2.12 bits per heavy atom. The number of hydrogen-bond acceptors (Lipinski definition) is 2. The minimum absolute atomic E-state index is 0.110. The molecule has 0 spiro atoms. The van der Waals surface area contributed by atoms with E-state index in [1.54, 1.807) is 11.9 Å². The zero-order valence-corrected chi connectivity index (χ0v) is 17.5.